The minimum absolute atomic E-state index is 0.0564. The molecule has 0 bridgehead atoms. The molecule has 1 fully saturated rings. The molecular formula is C9H16O2. The molecule has 0 aromatic heterocycles. The second-order valence-corrected chi connectivity index (χ2v) is 3.59. The van der Waals surface area contributed by atoms with Crippen LogP contribution < -0.4 is 0 Å². The molecule has 1 aliphatic heterocycles. The average Bonchev–Trinajstić information content (AvgIpc) is 2.54. The first-order chi connectivity index (χ1) is 5.06. The van der Waals surface area contributed by atoms with Crippen LogP contribution in [-0.4, -0.2) is 22.9 Å². The number of hydrogen-bond acceptors (Lipinski definition) is 2. The lowest BCUT2D eigenvalue weighted by atomic mass is 10.0. The summed E-state index contributed by atoms with van der Waals surface area (Å²) in [6, 6.07) is 0. The Hall–Kier alpha value is -0.340. The molecule has 2 nitrogen and oxygen atoms in total. The van der Waals surface area contributed by atoms with E-state index in [1.54, 1.807) is 6.08 Å². The van der Waals surface area contributed by atoms with Gasteiger partial charge in [0, 0.05) is 0 Å². The molecule has 0 saturated carbocycles. The molecule has 0 amide bonds. The lowest BCUT2D eigenvalue weighted by Crippen LogP contribution is -2.07. The van der Waals surface area contributed by atoms with Gasteiger partial charge in [0.05, 0.1) is 17.8 Å². The zero-order valence-corrected chi connectivity index (χ0v) is 7.21. The summed E-state index contributed by atoms with van der Waals surface area (Å²) in [5, 5.41) is 9.13. The Morgan fingerprint density at radius 2 is 2.27 bits per heavy atom. The van der Waals surface area contributed by atoms with Crippen molar-refractivity contribution in [1.29, 1.82) is 0 Å². The maximum Gasteiger partial charge on any atom is 0.0892 e. The Kier molecular flexibility index (Phi) is 2.35. The molecule has 2 heteroatoms. The molecule has 64 valence electrons. The molecule has 1 rings (SSSR count). The molecule has 11 heavy (non-hydrogen) atoms. The molecule has 0 aromatic rings. The maximum atomic E-state index is 9.13. The first-order valence-electron chi connectivity index (χ1n) is 4.04. The first-order valence-corrected chi connectivity index (χ1v) is 4.04. The average molecular weight is 156 g/mol. The Balaban J connectivity index is 2.10. The Morgan fingerprint density at radius 1 is 1.73 bits per heavy atom. The SMILES string of the molecule is C=CC(O)CCC1OC1(C)C. The van der Waals surface area contributed by atoms with E-state index in [4.69, 9.17) is 9.84 Å². The van der Waals surface area contributed by atoms with Gasteiger partial charge in [-0.3, -0.25) is 0 Å². The van der Waals surface area contributed by atoms with Crippen LogP contribution in [0.25, 0.3) is 0 Å². The first kappa shape index (κ1) is 8.75. The molecule has 1 N–H and O–H groups in total. The number of ether oxygens (including phenoxy) is 1. The molecule has 0 aromatic carbocycles. The van der Waals surface area contributed by atoms with E-state index in [2.05, 4.69) is 20.4 Å². The van der Waals surface area contributed by atoms with Crippen LogP contribution in [0.4, 0.5) is 0 Å². The van der Waals surface area contributed by atoms with Crippen molar-refractivity contribution in [3.8, 4) is 0 Å². The molecule has 2 atom stereocenters. The summed E-state index contributed by atoms with van der Waals surface area (Å²) in [5.41, 5.74) is 0.0564. The number of aliphatic hydroxyl groups is 1. The molecule has 1 saturated heterocycles. The fraction of sp³-hybridized carbons (Fsp3) is 0.778. The van der Waals surface area contributed by atoms with Crippen LogP contribution in [0, 0.1) is 0 Å². The fourth-order valence-electron chi connectivity index (χ4n) is 1.18. The van der Waals surface area contributed by atoms with Crippen LogP contribution in [-0.2, 0) is 4.74 Å². The van der Waals surface area contributed by atoms with Gasteiger partial charge in [-0.25, -0.2) is 0 Å². The van der Waals surface area contributed by atoms with Gasteiger partial charge in [-0.05, 0) is 26.7 Å². The summed E-state index contributed by atoms with van der Waals surface area (Å²) in [7, 11) is 0. The van der Waals surface area contributed by atoms with Gasteiger partial charge in [0.15, 0.2) is 0 Å². The van der Waals surface area contributed by atoms with Crippen LogP contribution in [0.3, 0.4) is 0 Å². The highest BCUT2D eigenvalue weighted by molar-refractivity contribution is 4.95. The summed E-state index contributed by atoms with van der Waals surface area (Å²) in [6.45, 7) is 7.64. The van der Waals surface area contributed by atoms with Crippen LogP contribution in [0.2, 0.25) is 0 Å². The number of epoxide rings is 1. The van der Waals surface area contributed by atoms with Crippen LogP contribution in [0.15, 0.2) is 12.7 Å². The van der Waals surface area contributed by atoms with Crippen molar-refractivity contribution < 1.29 is 9.84 Å². The Morgan fingerprint density at radius 3 is 2.64 bits per heavy atom. The Bertz CT molecular complexity index is 152. The molecule has 0 spiro atoms. The third-order valence-electron chi connectivity index (χ3n) is 2.16. The highest BCUT2D eigenvalue weighted by Crippen LogP contribution is 2.38. The summed E-state index contributed by atoms with van der Waals surface area (Å²) in [6.07, 6.45) is 3.24. The number of aliphatic hydroxyl groups excluding tert-OH is 1. The second-order valence-electron chi connectivity index (χ2n) is 3.59. The normalized spacial score (nSPS) is 29.5. The molecule has 0 radical (unpaired) electrons. The van der Waals surface area contributed by atoms with Crippen LogP contribution >= 0.6 is 0 Å². The molecular weight excluding hydrogens is 140 g/mol. The van der Waals surface area contributed by atoms with Gasteiger partial charge in [-0.1, -0.05) is 6.08 Å². The van der Waals surface area contributed by atoms with Crippen molar-refractivity contribution in [3.05, 3.63) is 12.7 Å². The van der Waals surface area contributed by atoms with E-state index in [9.17, 15) is 0 Å². The van der Waals surface area contributed by atoms with Crippen LogP contribution in [0.1, 0.15) is 26.7 Å². The number of hydrogen-bond donors (Lipinski definition) is 1. The van der Waals surface area contributed by atoms with E-state index in [-0.39, 0.29) is 11.7 Å². The molecule has 2 unspecified atom stereocenters. The lowest BCUT2D eigenvalue weighted by molar-refractivity contribution is 0.203. The zero-order valence-electron chi connectivity index (χ0n) is 7.21. The van der Waals surface area contributed by atoms with E-state index in [0.717, 1.165) is 12.8 Å². The Labute approximate surface area is 67.9 Å². The van der Waals surface area contributed by atoms with Gasteiger partial charge in [0.2, 0.25) is 0 Å². The van der Waals surface area contributed by atoms with Crippen molar-refractivity contribution in [3.63, 3.8) is 0 Å². The highest BCUT2D eigenvalue weighted by Gasteiger charge is 2.46. The molecule has 1 heterocycles. The minimum atomic E-state index is -0.366. The van der Waals surface area contributed by atoms with E-state index in [1.165, 1.54) is 0 Å². The van der Waals surface area contributed by atoms with Gasteiger partial charge in [0.1, 0.15) is 0 Å². The molecule has 0 aliphatic carbocycles. The highest BCUT2D eigenvalue weighted by atomic mass is 16.6. The van der Waals surface area contributed by atoms with E-state index < -0.39 is 0 Å². The zero-order chi connectivity index (χ0) is 8.48. The quantitative estimate of drug-likeness (QED) is 0.494. The van der Waals surface area contributed by atoms with Gasteiger partial charge in [0.25, 0.3) is 0 Å². The van der Waals surface area contributed by atoms with Gasteiger partial charge in [-0.15, -0.1) is 6.58 Å². The van der Waals surface area contributed by atoms with E-state index >= 15 is 0 Å². The maximum absolute atomic E-state index is 9.13. The van der Waals surface area contributed by atoms with Crippen LogP contribution in [0.5, 0.6) is 0 Å². The van der Waals surface area contributed by atoms with Gasteiger partial charge >= 0.3 is 0 Å². The van der Waals surface area contributed by atoms with Crippen molar-refractivity contribution >= 4 is 0 Å². The minimum Gasteiger partial charge on any atom is -0.389 e. The molecule has 1 aliphatic rings. The third kappa shape index (κ3) is 2.31. The monoisotopic (exact) mass is 156 g/mol. The number of rotatable bonds is 4. The standard InChI is InChI=1S/C9H16O2/c1-4-7(10)5-6-8-9(2,3)11-8/h4,7-8,10H,1,5-6H2,2-3H3. The summed E-state index contributed by atoms with van der Waals surface area (Å²) >= 11 is 0. The van der Waals surface area contributed by atoms with Gasteiger partial charge in [-0.2, -0.15) is 0 Å². The predicted molar refractivity (Wildman–Crippen MR) is 44.4 cm³/mol. The largest absolute Gasteiger partial charge is 0.389 e. The summed E-state index contributed by atoms with van der Waals surface area (Å²) < 4.78 is 5.35. The topological polar surface area (TPSA) is 32.8 Å². The third-order valence-corrected chi connectivity index (χ3v) is 2.16. The van der Waals surface area contributed by atoms with E-state index in [1.807, 2.05) is 0 Å². The van der Waals surface area contributed by atoms with Crippen molar-refractivity contribution in [2.75, 3.05) is 0 Å². The lowest BCUT2D eigenvalue weighted by Gasteiger charge is -2.02. The second kappa shape index (κ2) is 2.95. The summed E-state index contributed by atoms with van der Waals surface area (Å²) in [4.78, 5) is 0. The smallest absolute Gasteiger partial charge is 0.0892 e. The van der Waals surface area contributed by atoms with Crippen molar-refractivity contribution in [2.24, 2.45) is 0 Å². The fourth-order valence-corrected chi connectivity index (χ4v) is 1.18. The van der Waals surface area contributed by atoms with E-state index in [0.29, 0.717) is 6.10 Å². The summed E-state index contributed by atoms with van der Waals surface area (Å²) in [5.74, 6) is 0. The van der Waals surface area contributed by atoms with Gasteiger partial charge < -0.3 is 9.84 Å². The van der Waals surface area contributed by atoms with Crippen molar-refractivity contribution in [1.82, 2.24) is 0 Å². The predicted octanol–water partition coefficient (Wildman–Crippen LogP) is 1.49. The van der Waals surface area contributed by atoms with Crippen molar-refractivity contribution in [2.45, 2.75) is 44.5 Å².